The minimum absolute atomic E-state index is 0.254. The van der Waals surface area contributed by atoms with E-state index in [0.717, 1.165) is 23.0 Å². The molecule has 0 bridgehead atoms. The summed E-state index contributed by atoms with van der Waals surface area (Å²) in [5.74, 6) is 0.604. The fourth-order valence-corrected chi connectivity index (χ4v) is 2.33. The number of aryl methyl sites for hydroxylation is 1. The van der Waals surface area contributed by atoms with Crippen LogP contribution < -0.4 is 10.1 Å². The predicted octanol–water partition coefficient (Wildman–Crippen LogP) is 5.19. The molecule has 2 rings (SSSR count). The van der Waals surface area contributed by atoms with Crippen molar-refractivity contribution in [3.05, 3.63) is 57.8 Å². The predicted molar refractivity (Wildman–Crippen MR) is 87.4 cm³/mol. The highest BCUT2D eigenvalue weighted by Crippen LogP contribution is 2.31. The van der Waals surface area contributed by atoms with Gasteiger partial charge in [-0.05, 0) is 43.7 Å². The molecule has 2 nitrogen and oxygen atoms in total. The van der Waals surface area contributed by atoms with Gasteiger partial charge in [0.1, 0.15) is 5.75 Å². The van der Waals surface area contributed by atoms with E-state index < -0.39 is 0 Å². The summed E-state index contributed by atoms with van der Waals surface area (Å²) in [6, 6.07) is 11.0. The summed E-state index contributed by atoms with van der Waals surface area (Å²) in [5, 5.41) is 3.33. The lowest BCUT2D eigenvalue weighted by Crippen LogP contribution is -2.14. The molecule has 0 spiro atoms. The van der Waals surface area contributed by atoms with Crippen molar-refractivity contribution in [1.82, 2.24) is 5.32 Å². The first-order valence-electron chi connectivity index (χ1n) is 7.04. The number of hydrogen-bond acceptors (Lipinski definition) is 2. The lowest BCUT2D eigenvalue weighted by Gasteiger charge is -2.13. The van der Waals surface area contributed by atoms with Crippen molar-refractivity contribution < 1.29 is 9.13 Å². The molecule has 1 N–H and O–H groups in total. The van der Waals surface area contributed by atoms with E-state index in [1.165, 1.54) is 0 Å². The van der Waals surface area contributed by atoms with Crippen molar-refractivity contribution in [2.75, 3.05) is 6.54 Å². The van der Waals surface area contributed by atoms with Crippen LogP contribution in [0, 0.1) is 12.7 Å². The minimum atomic E-state index is -0.315. The number of benzene rings is 2. The molecule has 0 fully saturated rings. The van der Waals surface area contributed by atoms with Crippen LogP contribution in [-0.4, -0.2) is 6.54 Å². The van der Waals surface area contributed by atoms with Crippen LogP contribution in [-0.2, 0) is 6.54 Å². The third-order valence-corrected chi connectivity index (χ3v) is 3.64. The van der Waals surface area contributed by atoms with Gasteiger partial charge in [0.15, 0.2) is 11.6 Å². The molecular formula is C17H19BrFNO. The average molecular weight is 352 g/mol. The Morgan fingerprint density at radius 2 is 2.00 bits per heavy atom. The van der Waals surface area contributed by atoms with Gasteiger partial charge in [-0.25, -0.2) is 4.39 Å². The van der Waals surface area contributed by atoms with Gasteiger partial charge >= 0.3 is 0 Å². The summed E-state index contributed by atoms with van der Waals surface area (Å²) in [6.07, 6.45) is 1.07. The van der Waals surface area contributed by atoms with E-state index in [-0.39, 0.29) is 11.6 Å². The number of nitrogens with one attached hydrogen (secondary N) is 1. The largest absolute Gasteiger partial charge is 0.454 e. The maximum atomic E-state index is 14.1. The monoisotopic (exact) mass is 351 g/mol. The highest BCUT2D eigenvalue weighted by Gasteiger charge is 2.10. The molecule has 0 saturated heterocycles. The Bertz CT molecular complexity index is 616. The van der Waals surface area contributed by atoms with Gasteiger partial charge in [-0.15, -0.1) is 0 Å². The van der Waals surface area contributed by atoms with Crippen molar-refractivity contribution in [1.29, 1.82) is 0 Å². The lowest BCUT2D eigenvalue weighted by molar-refractivity contribution is 0.433. The average Bonchev–Trinajstić information content (AvgIpc) is 2.46. The molecular weight excluding hydrogens is 333 g/mol. The molecule has 0 heterocycles. The molecule has 0 unspecified atom stereocenters. The summed E-state index contributed by atoms with van der Waals surface area (Å²) in [5.41, 5.74) is 1.58. The van der Waals surface area contributed by atoms with Gasteiger partial charge in [0.25, 0.3) is 0 Å². The number of ether oxygens (including phenoxy) is 1. The first kappa shape index (κ1) is 16.0. The Morgan fingerprint density at radius 3 is 2.76 bits per heavy atom. The zero-order valence-electron chi connectivity index (χ0n) is 12.2. The molecule has 21 heavy (non-hydrogen) atoms. The molecule has 0 aliphatic rings. The fourth-order valence-electron chi connectivity index (χ4n) is 1.99. The van der Waals surface area contributed by atoms with Gasteiger partial charge in [-0.2, -0.15) is 0 Å². The van der Waals surface area contributed by atoms with Crippen LogP contribution in [0.15, 0.2) is 40.9 Å². The molecule has 4 heteroatoms. The summed E-state index contributed by atoms with van der Waals surface area (Å²) in [6.45, 7) is 5.49. The quantitative estimate of drug-likeness (QED) is 0.723. The van der Waals surface area contributed by atoms with Gasteiger partial charge in [0.05, 0.1) is 0 Å². The zero-order valence-corrected chi connectivity index (χ0v) is 13.8. The molecule has 2 aromatic rings. The van der Waals surface area contributed by atoms with Crippen molar-refractivity contribution in [3.63, 3.8) is 0 Å². The molecule has 2 aromatic carbocycles. The van der Waals surface area contributed by atoms with Crippen LogP contribution in [0.25, 0.3) is 0 Å². The number of hydrogen-bond donors (Lipinski definition) is 1. The van der Waals surface area contributed by atoms with E-state index >= 15 is 0 Å². The van der Waals surface area contributed by atoms with Gasteiger partial charge in [0, 0.05) is 16.6 Å². The topological polar surface area (TPSA) is 21.3 Å². The van der Waals surface area contributed by atoms with E-state index in [1.807, 2.05) is 18.2 Å². The van der Waals surface area contributed by atoms with Crippen LogP contribution in [0.1, 0.15) is 24.5 Å². The maximum absolute atomic E-state index is 14.1. The fraction of sp³-hybridized carbons (Fsp3) is 0.294. The Kier molecular flexibility index (Phi) is 5.76. The Morgan fingerprint density at radius 1 is 1.19 bits per heavy atom. The molecule has 0 aliphatic heterocycles. The summed E-state index contributed by atoms with van der Waals surface area (Å²) < 4.78 is 20.8. The number of rotatable bonds is 6. The smallest absolute Gasteiger partial charge is 0.168 e. The molecule has 0 amide bonds. The highest BCUT2D eigenvalue weighted by molar-refractivity contribution is 9.10. The first-order valence-corrected chi connectivity index (χ1v) is 7.83. The second-order valence-corrected chi connectivity index (χ2v) is 5.83. The molecule has 0 aliphatic carbocycles. The van der Waals surface area contributed by atoms with Crippen molar-refractivity contribution in [3.8, 4) is 11.5 Å². The standard InChI is InChI=1S/C17H19BrFNO/c1-3-9-20-11-13-7-8-14(18)10-16(13)21-15-6-4-5-12(2)17(15)19/h4-8,10,20H,3,9,11H2,1-2H3. The normalized spacial score (nSPS) is 10.7. The van der Waals surface area contributed by atoms with Crippen molar-refractivity contribution in [2.24, 2.45) is 0 Å². The van der Waals surface area contributed by atoms with Crippen molar-refractivity contribution in [2.45, 2.75) is 26.8 Å². The Labute approximate surface area is 133 Å². The van der Waals surface area contributed by atoms with Crippen LogP contribution in [0.3, 0.4) is 0 Å². The van der Waals surface area contributed by atoms with Crippen LogP contribution in [0.5, 0.6) is 11.5 Å². The van der Waals surface area contributed by atoms with Crippen molar-refractivity contribution >= 4 is 15.9 Å². The van der Waals surface area contributed by atoms with Crippen LogP contribution >= 0.6 is 15.9 Å². The van der Waals surface area contributed by atoms with E-state index in [2.05, 4.69) is 28.2 Å². The zero-order chi connectivity index (χ0) is 15.2. The Hall–Kier alpha value is -1.39. The van der Waals surface area contributed by atoms with Crippen LogP contribution in [0.2, 0.25) is 0 Å². The second kappa shape index (κ2) is 7.57. The molecule has 0 atom stereocenters. The van der Waals surface area contributed by atoms with E-state index in [0.29, 0.717) is 17.9 Å². The second-order valence-electron chi connectivity index (χ2n) is 4.92. The minimum Gasteiger partial charge on any atom is -0.454 e. The van der Waals surface area contributed by atoms with E-state index in [1.54, 1.807) is 25.1 Å². The van der Waals surface area contributed by atoms with E-state index in [9.17, 15) is 4.39 Å². The molecule has 112 valence electrons. The molecule has 0 saturated carbocycles. The molecule has 0 radical (unpaired) electrons. The first-order chi connectivity index (χ1) is 10.1. The van der Waals surface area contributed by atoms with Gasteiger partial charge < -0.3 is 10.1 Å². The van der Waals surface area contributed by atoms with E-state index in [4.69, 9.17) is 4.74 Å². The summed E-state index contributed by atoms with van der Waals surface area (Å²) in [4.78, 5) is 0. The third kappa shape index (κ3) is 4.29. The van der Waals surface area contributed by atoms with Gasteiger partial charge in [0.2, 0.25) is 0 Å². The van der Waals surface area contributed by atoms with Gasteiger partial charge in [-0.1, -0.05) is 41.1 Å². The summed E-state index contributed by atoms with van der Waals surface area (Å²) in [7, 11) is 0. The summed E-state index contributed by atoms with van der Waals surface area (Å²) >= 11 is 3.43. The highest BCUT2D eigenvalue weighted by atomic mass is 79.9. The SMILES string of the molecule is CCCNCc1ccc(Br)cc1Oc1cccc(C)c1F. The lowest BCUT2D eigenvalue weighted by atomic mass is 10.2. The number of halogens is 2. The maximum Gasteiger partial charge on any atom is 0.168 e. The van der Waals surface area contributed by atoms with Crippen LogP contribution in [0.4, 0.5) is 4.39 Å². The van der Waals surface area contributed by atoms with Gasteiger partial charge in [-0.3, -0.25) is 0 Å². The third-order valence-electron chi connectivity index (χ3n) is 3.15. The Balaban J connectivity index is 2.25. The molecule has 0 aromatic heterocycles.